The number of anilines is 2. The van der Waals surface area contributed by atoms with Gasteiger partial charge in [0.2, 0.25) is 10.0 Å². The Kier molecular flexibility index (Phi) is 8.27. The van der Waals surface area contributed by atoms with Crippen molar-refractivity contribution in [1.29, 1.82) is 10.5 Å². The van der Waals surface area contributed by atoms with Crippen LogP contribution in [0.2, 0.25) is 0 Å². The molecule has 0 radical (unpaired) electrons. The van der Waals surface area contributed by atoms with Crippen LogP contribution in [-0.2, 0) is 14.8 Å². The summed E-state index contributed by atoms with van der Waals surface area (Å²) in [4.78, 5) is 20.3. The van der Waals surface area contributed by atoms with E-state index in [1.807, 2.05) is 4.90 Å². The van der Waals surface area contributed by atoms with E-state index < -0.39 is 28.0 Å². The molecule has 0 unspecified atom stereocenters. The molecule has 1 aliphatic carbocycles. The lowest BCUT2D eigenvalue weighted by molar-refractivity contribution is -0.192. The zero-order valence-corrected chi connectivity index (χ0v) is 21.9. The van der Waals surface area contributed by atoms with Crippen molar-refractivity contribution in [3.05, 3.63) is 53.3 Å². The number of piperazine rings is 1. The number of aliphatic carboxylic acids is 1. The van der Waals surface area contributed by atoms with Gasteiger partial charge in [-0.3, -0.25) is 0 Å². The van der Waals surface area contributed by atoms with Gasteiger partial charge in [-0.2, -0.15) is 28.0 Å². The average molecular weight is 592 g/mol. The normalized spacial score (nSPS) is 15.8. The van der Waals surface area contributed by atoms with Crippen LogP contribution in [0.3, 0.4) is 0 Å². The van der Waals surface area contributed by atoms with Gasteiger partial charge in [-0.1, -0.05) is 0 Å². The third-order valence-electron chi connectivity index (χ3n) is 6.17. The molecule has 1 saturated heterocycles. The van der Waals surface area contributed by atoms with Crippen molar-refractivity contribution in [1.82, 2.24) is 14.3 Å². The number of nitrogens with one attached hydrogen (secondary N) is 1. The maximum Gasteiger partial charge on any atom is 0.490 e. The molecular weight excluding hydrogens is 570 g/mol. The Balaban J connectivity index is 0.000000493. The number of hydrogen-bond acceptors (Lipinski definition) is 9. The van der Waals surface area contributed by atoms with Crippen LogP contribution in [0.15, 0.2) is 41.3 Å². The molecule has 214 valence electrons. The van der Waals surface area contributed by atoms with Crippen LogP contribution in [0.25, 0.3) is 11.0 Å². The first kappa shape index (κ1) is 29.4. The summed E-state index contributed by atoms with van der Waals surface area (Å²) in [7, 11) is -3.88. The third kappa shape index (κ3) is 6.79. The van der Waals surface area contributed by atoms with E-state index in [1.165, 1.54) is 10.4 Å². The van der Waals surface area contributed by atoms with E-state index in [0.29, 0.717) is 47.4 Å². The van der Waals surface area contributed by atoms with Crippen molar-refractivity contribution in [3.63, 3.8) is 0 Å². The molecule has 0 atom stereocenters. The van der Waals surface area contributed by atoms with Crippen LogP contribution in [0.1, 0.15) is 24.0 Å². The predicted octanol–water partition coefficient (Wildman–Crippen LogP) is 3.23. The first-order valence-corrected chi connectivity index (χ1v) is 13.5. The second-order valence-electron chi connectivity index (χ2n) is 9.08. The van der Waals surface area contributed by atoms with Gasteiger partial charge in [-0.05, 0) is 49.2 Å². The van der Waals surface area contributed by atoms with Gasteiger partial charge in [0.1, 0.15) is 11.9 Å². The molecule has 2 N–H and O–H groups in total. The highest BCUT2D eigenvalue weighted by atomic mass is 32.2. The van der Waals surface area contributed by atoms with Crippen molar-refractivity contribution < 1.29 is 35.9 Å². The number of fused-ring (bicyclic) bond motifs is 1. The van der Waals surface area contributed by atoms with Crippen LogP contribution in [-0.4, -0.2) is 72.2 Å². The smallest absolute Gasteiger partial charge is 0.475 e. The summed E-state index contributed by atoms with van der Waals surface area (Å²) in [6.07, 6.45) is -2.97. The first-order valence-electron chi connectivity index (χ1n) is 12.1. The van der Waals surface area contributed by atoms with Crippen LogP contribution < -0.4 is 10.2 Å². The number of halogens is 4. The Morgan fingerprint density at radius 2 is 1.66 bits per heavy atom. The second kappa shape index (κ2) is 11.5. The standard InChI is InChI=1S/C23H20FN7O2S.C2HF3O2/c24-19-5-4-18(12-16(19)14-26)34(32,33)31-9-7-30(8-10-31)23-22(27-17-2-3-17)28-20-6-1-15(13-25)11-21(20)29-23;3-2(4,5)1(6)7/h1,4-6,11-12,17H,2-3,7-10H2,(H,27,28);(H,6,7). The highest BCUT2D eigenvalue weighted by Crippen LogP contribution is 2.32. The van der Waals surface area contributed by atoms with E-state index in [1.54, 1.807) is 24.3 Å². The number of alkyl halides is 3. The van der Waals surface area contributed by atoms with Gasteiger partial charge in [-0.15, -0.1) is 0 Å². The lowest BCUT2D eigenvalue weighted by atomic mass is 10.2. The molecule has 16 heteroatoms. The largest absolute Gasteiger partial charge is 0.490 e. The molecule has 1 aromatic heterocycles. The maximum absolute atomic E-state index is 13.7. The summed E-state index contributed by atoms with van der Waals surface area (Å²) < 4.78 is 72.9. The van der Waals surface area contributed by atoms with Gasteiger partial charge in [0.15, 0.2) is 11.6 Å². The molecule has 2 fully saturated rings. The molecule has 1 aliphatic heterocycles. The summed E-state index contributed by atoms with van der Waals surface area (Å²) in [6.45, 7) is 1.15. The number of nitriles is 2. The first-order chi connectivity index (χ1) is 19.3. The molecule has 5 rings (SSSR count). The Bertz CT molecular complexity index is 1670. The number of carboxylic acids is 1. The molecular formula is C25H21F4N7O4S. The number of nitrogens with zero attached hydrogens (tertiary/aromatic N) is 6. The quantitative estimate of drug-likeness (QED) is 0.421. The SMILES string of the molecule is N#Cc1ccc2nc(NC3CC3)c(N3CCN(S(=O)(=O)c4ccc(F)c(C#N)c4)CC3)nc2c1.O=C(O)C(F)(F)F. The molecule has 0 spiro atoms. The van der Waals surface area contributed by atoms with Crippen molar-refractivity contribution >= 4 is 38.7 Å². The van der Waals surface area contributed by atoms with Gasteiger partial charge in [0.25, 0.3) is 0 Å². The zero-order chi connectivity index (χ0) is 29.9. The number of carboxylic acid groups (broad SMARTS) is 1. The zero-order valence-electron chi connectivity index (χ0n) is 21.1. The van der Waals surface area contributed by atoms with Gasteiger partial charge < -0.3 is 15.3 Å². The lowest BCUT2D eigenvalue weighted by Crippen LogP contribution is -2.49. The fourth-order valence-corrected chi connectivity index (χ4v) is 5.34. The molecule has 1 saturated carbocycles. The summed E-state index contributed by atoms with van der Waals surface area (Å²) in [6, 6.07) is 12.5. The minimum atomic E-state index is -5.08. The van der Waals surface area contributed by atoms with Crippen molar-refractivity contribution in [2.75, 3.05) is 36.4 Å². The number of benzene rings is 2. The molecule has 41 heavy (non-hydrogen) atoms. The van der Waals surface area contributed by atoms with Gasteiger partial charge in [-0.25, -0.2) is 27.6 Å². The fourth-order valence-electron chi connectivity index (χ4n) is 3.89. The molecule has 2 heterocycles. The van der Waals surface area contributed by atoms with Gasteiger partial charge in [0.05, 0.1) is 33.1 Å². The van der Waals surface area contributed by atoms with Crippen LogP contribution in [0, 0.1) is 28.5 Å². The Labute approximate surface area is 231 Å². The molecule has 0 bridgehead atoms. The van der Waals surface area contributed by atoms with E-state index in [-0.39, 0.29) is 23.5 Å². The van der Waals surface area contributed by atoms with Gasteiger partial charge in [0, 0.05) is 32.2 Å². The van der Waals surface area contributed by atoms with E-state index >= 15 is 0 Å². The monoisotopic (exact) mass is 591 g/mol. The molecule has 0 amide bonds. The van der Waals surface area contributed by atoms with Crippen molar-refractivity contribution in [2.24, 2.45) is 0 Å². The molecule has 3 aromatic rings. The Morgan fingerprint density at radius 1 is 1.00 bits per heavy atom. The van der Waals surface area contributed by atoms with Crippen LogP contribution in [0.5, 0.6) is 0 Å². The number of hydrogen-bond donors (Lipinski definition) is 2. The summed E-state index contributed by atoms with van der Waals surface area (Å²) in [5.74, 6) is -2.24. The van der Waals surface area contributed by atoms with Crippen LogP contribution in [0.4, 0.5) is 29.2 Å². The molecule has 2 aliphatic rings. The Morgan fingerprint density at radius 3 is 2.22 bits per heavy atom. The maximum atomic E-state index is 13.7. The number of rotatable bonds is 5. The molecule has 11 nitrogen and oxygen atoms in total. The lowest BCUT2D eigenvalue weighted by Gasteiger charge is -2.35. The van der Waals surface area contributed by atoms with Crippen molar-refractivity contribution in [3.8, 4) is 12.1 Å². The number of aromatic nitrogens is 2. The fraction of sp³-hybridized carbons (Fsp3) is 0.320. The highest BCUT2D eigenvalue weighted by Gasteiger charge is 2.38. The molecule has 2 aromatic carbocycles. The van der Waals surface area contributed by atoms with E-state index in [0.717, 1.165) is 25.0 Å². The minimum absolute atomic E-state index is 0.107. The topological polar surface area (TPSA) is 163 Å². The average Bonchev–Trinajstić information content (AvgIpc) is 3.76. The van der Waals surface area contributed by atoms with E-state index in [9.17, 15) is 31.2 Å². The third-order valence-corrected chi connectivity index (χ3v) is 8.06. The van der Waals surface area contributed by atoms with E-state index in [2.05, 4.69) is 11.4 Å². The van der Waals surface area contributed by atoms with Gasteiger partial charge >= 0.3 is 12.1 Å². The van der Waals surface area contributed by atoms with Crippen LogP contribution >= 0.6 is 0 Å². The second-order valence-corrected chi connectivity index (χ2v) is 11.0. The Hall–Kier alpha value is -4.54. The number of carbonyl (C=O) groups is 1. The summed E-state index contributed by atoms with van der Waals surface area (Å²) in [5.41, 5.74) is 1.46. The predicted molar refractivity (Wildman–Crippen MR) is 137 cm³/mol. The van der Waals surface area contributed by atoms with E-state index in [4.69, 9.17) is 25.1 Å². The summed E-state index contributed by atoms with van der Waals surface area (Å²) >= 11 is 0. The van der Waals surface area contributed by atoms with Crippen molar-refractivity contribution in [2.45, 2.75) is 30.0 Å². The highest BCUT2D eigenvalue weighted by molar-refractivity contribution is 7.89. The minimum Gasteiger partial charge on any atom is -0.475 e. The summed E-state index contributed by atoms with van der Waals surface area (Å²) in [5, 5.41) is 28.8. The number of sulfonamides is 1.